The van der Waals surface area contributed by atoms with Crippen LogP contribution in [0.4, 0.5) is 10.1 Å². The van der Waals surface area contributed by atoms with E-state index in [4.69, 9.17) is 0 Å². The molecule has 0 aliphatic rings. The number of carbonyl (C=O) groups is 1. The number of hydrogen-bond donors (Lipinski definition) is 1. The van der Waals surface area contributed by atoms with Crippen LogP contribution in [0, 0.1) is 12.7 Å². The zero-order valence-electron chi connectivity index (χ0n) is 14.2. The lowest BCUT2D eigenvalue weighted by molar-refractivity contribution is -0.113. The van der Waals surface area contributed by atoms with Crippen molar-refractivity contribution >= 4 is 39.3 Å². The Kier molecular flexibility index (Phi) is 5.73. The van der Waals surface area contributed by atoms with Crippen LogP contribution in [0.25, 0.3) is 11.4 Å². The lowest BCUT2D eigenvalue weighted by atomic mass is 10.1. The third-order valence-corrected chi connectivity index (χ3v) is 5.20. The highest BCUT2D eigenvalue weighted by Gasteiger charge is 2.14. The number of anilines is 1. The Morgan fingerprint density at radius 3 is 2.65 bits per heavy atom. The Morgan fingerprint density at radius 2 is 1.96 bits per heavy atom. The Balaban J connectivity index is 1.64. The quantitative estimate of drug-likeness (QED) is 0.603. The smallest absolute Gasteiger partial charge is 0.234 e. The average Bonchev–Trinajstić information content (AvgIpc) is 2.97. The Morgan fingerprint density at radius 1 is 1.23 bits per heavy atom. The van der Waals surface area contributed by atoms with Gasteiger partial charge in [-0.1, -0.05) is 57.5 Å². The molecule has 0 aliphatic carbocycles. The molecule has 134 valence electrons. The van der Waals surface area contributed by atoms with E-state index in [0.29, 0.717) is 9.63 Å². The first kappa shape index (κ1) is 18.6. The molecule has 0 saturated carbocycles. The molecule has 1 amide bonds. The molecule has 26 heavy (non-hydrogen) atoms. The van der Waals surface area contributed by atoms with Crippen molar-refractivity contribution in [2.45, 2.75) is 12.1 Å². The molecule has 0 spiro atoms. The molecule has 0 radical (unpaired) electrons. The summed E-state index contributed by atoms with van der Waals surface area (Å²) in [7, 11) is 1.85. The van der Waals surface area contributed by atoms with Gasteiger partial charge in [0, 0.05) is 17.1 Å². The second-order valence-corrected chi connectivity index (χ2v) is 7.55. The number of rotatable bonds is 5. The van der Waals surface area contributed by atoms with Gasteiger partial charge in [0.2, 0.25) is 5.91 Å². The Labute approximate surface area is 163 Å². The maximum Gasteiger partial charge on any atom is 0.234 e. The molecule has 0 saturated heterocycles. The normalized spacial score (nSPS) is 10.8. The monoisotopic (exact) mass is 434 g/mol. The number of amides is 1. The van der Waals surface area contributed by atoms with E-state index in [9.17, 15) is 9.18 Å². The minimum Gasteiger partial charge on any atom is -0.323 e. The van der Waals surface area contributed by atoms with Gasteiger partial charge in [-0.05, 0) is 25.1 Å². The van der Waals surface area contributed by atoms with Crippen LogP contribution in [0.1, 0.15) is 5.56 Å². The highest BCUT2D eigenvalue weighted by atomic mass is 79.9. The van der Waals surface area contributed by atoms with E-state index >= 15 is 0 Å². The summed E-state index contributed by atoms with van der Waals surface area (Å²) < 4.78 is 16.2. The highest BCUT2D eigenvalue weighted by molar-refractivity contribution is 9.10. The van der Waals surface area contributed by atoms with Gasteiger partial charge in [0.25, 0.3) is 0 Å². The van der Waals surface area contributed by atoms with Crippen molar-refractivity contribution in [3.05, 3.63) is 58.3 Å². The van der Waals surface area contributed by atoms with Crippen LogP contribution < -0.4 is 5.32 Å². The molecular weight excluding hydrogens is 419 g/mol. The minimum atomic E-state index is -0.488. The summed E-state index contributed by atoms with van der Waals surface area (Å²) in [5, 5.41) is 11.5. The number of nitrogens with zero attached hydrogens (tertiary/aromatic N) is 3. The van der Waals surface area contributed by atoms with Crippen LogP contribution >= 0.6 is 27.7 Å². The van der Waals surface area contributed by atoms with E-state index in [-0.39, 0.29) is 17.3 Å². The van der Waals surface area contributed by atoms with E-state index in [1.807, 2.05) is 42.8 Å². The number of thioether (sulfide) groups is 1. The summed E-state index contributed by atoms with van der Waals surface area (Å²) in [6.45, 7) is 2.02. The summed E-state index contributed by atoms with van der Waals surface area (Å²) in [5.74, 6) is 0.0380. The van der Waals surface area contributed by atoms with Crippen molar-refractivity contribution in [1.82, 2.24) is 14.8 Å². The molecule has 1 aromatic heterocycles. The van der Waals surface area contributed by atoms with Gasteiger partial charge in [-0.3, -0.25) is 4.79 Å². The molecule has 0 aliphatic heterocycles. The van der Waals surface area contributed by atoms with Crippen LogP contribution in [0.5, 0.6) is 0 Å². The fourth-order valence-corrected chi connectivity index (χ4v) is 3.35. The van der Waals surface area contributed by atoms with Gasteiger partial charge < -0.3 is 9.88 Å². The second kappa shape index (κ2) is 8.01. The van der Waals surface area contributed by atoms with Crippen LogP contribution in [0.3, 0.4) is 0 Å². The van der Waals surface area contributed by atoms with Crippen molar-refractivity contribution in [2.75, 3.05) is 11.1 Å². The zero-order valence-corrected chi connectivity index (χ0v) is 16.6. The van der Waals surface area contributed by atoms with Crippen LogP contribution in [-0.4, -0.2) is 26.4 Å². The first-order chi connectivity index (χ1) is 12.4. The number of aryl methyl sites for hydroxylation is 1. The minimum absolute atomic E-state index is 0.107. The molecule has 2 aromatic carbocycles. The van der Waals surface area contributed by atoms with E-state index in [0.717, 1.165) is 11.4 Å². The molecule has 0 unspecified atom stereocenters. The Bertz CT molecular complexity index is 943. The van der Waals surface area contributed by atoms with Gasteiger partial charge in [0.15, 0.2) is 11.0 Å². The zero-order chi connectivity index (χ0) is 18.7. The molecular formula is C18H16BrFN4OS. The molecule has 1 N–H and O–H groups in total. The molecule has 0 fully saturated rings. The largest absolute Gasteiger partial charge is 0.323 e. The molecule has 1 heterocycles. The lowest BCUT2D eigenvalue weighted by Crippen LogP contribution is -2.15. The van der Waals surface area contributed by atoms with E-state index in [2.05, 4.69) is 31.4 Å². The molecule has 8 heteroatoms. The van der Waals surface area contributed by atoms with Crippen LogP contribution in [0.15, 0.2) is 52.1 Å². The SMILES string of the molecule is Cc1ccc(-c2nnc(SCC(=O)Nc3ccc(Br)cc3F)n2C)cc1. The third kappa shape index (κ3) is 4.31. The topological polar surface area (TPSA) is 59.8 Å². The maximum atomic E-state index is 13.8. The fourth-order valence-electron chi connectivity index (χ4n) is 2.30. The van der Waals surface area contributed by atoms with Crippen LogP contribution in [-0.2, 0) is 11.8 Å². The van der Waals surface area contributed by atoms with E-state index in [1.165, 1.54) is 29.5 Å². The predicted octanol–water partition coefficient (Wildman–Crippen LogP) is 4.42. The van der Waals surface area contributed by atoms with Crippen molar-refractivity contribution in [2.24, 2.45) is 7.05 Å². The van der Waals surface area contributed by atoms with E-state index in [1.54, 1.807) is 6.07 Å². The van der Waals surface area contributed by atoms with E-state index < -0.39 is 5.82 Å². The number of nitrogens with one attached hydrogen (secondary N) is 1. The highest BCUT2D eigenvalue weighted by Crippen LogP contribution is 2.24. The average molecular weight is 435 g/mol. The standard InChI is InChI=1S/C18H16BrFN4OS/c1-11-3-5-12(6-4-11)17-22-23-18(24(17)2)26-10-16(25)21-15-8-7-13(19)9-14(15)20/h3-9H,10H2,1-2H3,(H,21,25). The number of hydrogen-bond acceptors (Lipinski definition) is 4. The lowest BCUT2D eigenvalue weighted by Gasteiger charge is -2.07. The predicted molar refractivity (Wildman–Crippen MR) is 105 cm³/mol. The van der Waals surface area contributed by atoms with Crippen molar-refractivity contribution in [3.8, 4) is 11.4 Å². The van der Waals surface area contributed by atoms with Gasteiger partial charge in [0.05, 0.1) is 11.4 Å². The third-order valence-electron chi connectivity index (χ3n) is 3.68. The summed E-state index contributed by atoms with van der Waals surface area (Å²) in [6, 6.07) is 12.5. The Hall–Kier alpha value is -2.19. The van der Waals surface area contributed by atoms with Gasteiger partial charge in [-0.25, -0.2) is 4.39 Å². The molecule has 5 nitrogen and oxygen atoms in total. The van der Waals surface area contributed by atoms with Crippen molar-refractivity contribution in [1.29, 1.82) is 0 Å². The molecule has 0 atom stereocenters. The molecule has 3 aromatic rings. The van der Waals surface area contributed by atoms with Crippen molar-refractivity contribution < 1.29 is 9.18 Å². The molecule has 3 rings (SSSR count). The van der Waals surface area contributed by atoms with Gasteiger partial charge in [0.1, 0.15) is 5.82 Å². The number of halogens is 2. The fraction of sp³-hybridized carbons (Fsp3) is 0.167. The summed E-state index contributed by atoms with van der Waals surface area (Å²) in [5.41, 5.74) is 2.28. The number of carbonyl (C=O) groups excluding carboxylic acids is 1. The van der Waals surface area contributed by atoms with Gasteiger partial charge >= 0.3 is 0 Å². The number of aromatic nitrogens is 3. The second-order valence-electron chi connectivity index (χ2n) is 5.69. The van der Waals surface area contributed by atoms with Crippen LogP contribution in [0.2, 0.25) is 0 Å². The van der Waals surface area contributed by atoms with Gasteiger partial charge in [-0.2, -0.15) is 0 Å². The number of benzene rings is 2. The van der Waals surface area contributed by atoms with Crippen molar-refractivity contribution in [3.63, 3.8) is 0 Å². The first-order valence-corrected chi connectivity index (χ1v) is 9.56. The summed E-state index contributed by atoms with van der Waals surface area (Å²) in [4.78, 5) is 12.1. The summed E-state index contributed by atoms with van der Waals surface area (Å²) >= 11 is 4.43. The molecule has 0 bridgehead atoms. The maximum absolute atomic E-state index is 13.8. The summed E-state index contributed by atoms with van der Waals surface area (Å²) in [6.07, 6.45) is 0. The van der Waals surface area contributed by atoms with Gasteiger partial charge in [-0.15, -0.1) is 10.2 Å². The first-order valence-electron chi connectivity index (χ1n) is 7.78.